The molecule has 0 unspecified atom stereocenters. The number of piperidine rings is 1. The quantitative estimate of drug-likeness (QED) is 0.836. The molecule has 1 aromatic rings. The normalized spacial score (nSPS) is 16.8. The third-order valence-electron chi connectivity index (χ3n) is 4.10. The Morgan fingerprint density at radius 1 is 1.25 bits per heavy atom. The summed E-state index contributed by atoms with van der Waals surface area (Å²) in [5.41, 5.74) is 6.53. The Labute approximate surface area is 130 Å². The van der Waals surface area contributed by atoms with Crippen LogP contribution in [0.15, 0.2) is 12.1 Å². The average Bonchev–Trinajstić information content (AvgIpc) is 2.43. The van der Waals surface area contributed by atoms with Gasteiger partial charge in [-0.1, -0.05) is 37.0 Å². The summed E-state index contributed by atoms with van der Waals surface area (Å²) in [4.78, 5) is 14.3. The van der Waals surface area contributed by atoms with Crippen molar-refractivity contribution in [2.75, 3.05) is 18.8 Å². The lowest BCUT2D eigenvalue weighted by Crippen LogP contribution is -2.39. The van der Waals surface area contributed by atoms with Crippen LogP contribution in [0.1, 0.15) is 37.0 Å². The number of nitrogen functional groups attached to an aromatic ring is 1. The molecule has 1 aliphatic rings. The number of nitrogens with two attached hydrogens (primary N) is 1. The van der Waals surface area contributed by atoms with E-state index in [4.69, 9.17) is 28.9 Å². The number of amides is 1. The van der Waals surface area contributed by atoms with E-state index < -0.39 is 0 Å². The van der Waals surface area contributed by atoms with Crippen molar-refractivity contribution in [1.29, 1.82) is 0 Å². The molecule has 1 fully saturated rings. The summed E-state index contributed by atoms with van der Waals surface area (Å²) in [5.74, 6) is 1.36. The number of likely N-dealkylation sites (tertiary alicyclic amines) is 1. The van der Waals surface area contributed by atoms with E-state index in [1.54, 1.807) is 12.1 Å². The molecule has 0 aromatic heterocycles. The van der Waals surface area contributed by atoms with E-state index in [0.29, 0.717) is 33.1 Å². The second kappa shape index (κ2) is 6.23. The lowest BCUT2D eigenvalue weighted by Gasteiger charge is -2.34. The molecule has 20 heavy (non-hydrogen) atoms. The fourth-order valence-corrected chi connectivity index (χ4v) is 3.15. The lowest BCUT2D eigenvalue weighted by molar-refractivity contribution is 0.0668. The molecule has 1 amide bonds. The predicted octanol–water partition coefficient (Wildman–Crippen LogP) is 4.08. The van der Waals surface area contributed by atoms with Crippen molar-refractivity contribution in [2.45, 2.75) is 26.7 Å². The summed E-state index contributed by atoms with van der Waals surface area (Å²) in [6.07, 6.45) is 2.11. The fraction of sp³-hybridized carbons (Fsp3) is 0.533. The molecule has 0 atom stereocenters. The Morgan fingerprint density at radius 2 is 1.75 bits per heavy atom. The van der Waals surface area contributed by atoms with Gasteiger partial charge >= 0.3 is 0 Å². The lowest BCUT2D eigenvalue weighted by atomic mass is 9.86. The standard InChI is InChI=1S/C15H20Cl2N2O/c1-9(2)10-3-5-19(6-4-10)15(20)11-7-12(16)14(18)13(17)8-11/h7-10H,3-6,18H2,1-2H3. The largest absolute Gasteiger partial charge is 0.396 e. The van der Waals surface area contributed by atoms with Crippen LogP contribution in [0, 0.1) is 11.8 Å². The number of carbonyl (C=O) groups is 1. The molecule has 1 aliphatic heterocycles. The molecule has 3 nitrogen and oxygen atoms in total. The Hall–Kier alpha value is -0.930. The van der Waals surface area contributed by atoms with Gasteiger partial charge in [-0.25, -0.2) is 0 Å². The summed E-state index contributed by atoms with van der Waals surface area (Å²) < 4.78 is 0. The van der Waals surface area contributed by atoms with Crippen LogP contribution >= 0.6 is 23.2 Å². The highest BCUT2D eigenvalue weighted by atomic mass is 35.5. The first-order chi connectivity index (χ1) is 9.40. The zero-order valence-electron chi connectivity index (χ0n) is 11.8. The predicted molar refractivity (Wildman–Crippen MR) is 84.3 cm³/mol. The van der Waals surface area contributed by atoms with Crippen molar-refractivity contribution in [3.05, 3.63) is 27.7 Å². The van der Waals surface area contributed by atoms with Crippen LogP contribution in [-0.4, -0.2) is 23.9 Å². The van der Waals surface area contributed by atoms with Gasteiger partial charge in [0.2, 0.25) is 0 Å². The fourth-order valence-electron chi connectivity index (χ4n) is 2.66. The minimum atomic E-state index is -0.0176. The molecule has 5 heteroatoms. The average molecular weight is 315 g/mol. The number of rotatable bonds is 2. The van der Waals surface area contributed by atoms with E-state index in [9.17, 15) is 4.79 Å². The van der Waals surface area contributed by atoms with Crippen LogP contribution < -0.4 is 5.73 Å². The van der Waals surface area contributed by atoms with Crippen molar-refractivity contribution in [3.8, 4) is 0 Å². The van der Waals surface area contributed by atoms with Crippen molar-refractivity contribution >= 4 is 34.8 Å². The number of carbonyl (C=O) groups excluding carboxylic acids is 1. The first-order valence-electron chi connectivity index (χ1n) is 6.94. The smallest absolute Gasteiger partial charge is 0.253 e. The molecule has 2 N–H and O–H groups in total. The number of anilines is 1. The SMILES string of the molecule is CC(C)C1CCN(C(=O)c2cc(Cl)c(N)c(Cl)c2)CC1. The first kappa shape index (κ1) is 15.5. The summed E-state index contributed by atoms with van der Waals surface area (Å²) >= 11 is 12.0. The second-order valence-electron chi connectivity index (χ2n) is 5.73. The van der Waals surface area contributed by atoms with Crippen LogP contribution in [-0.2, 0) is 0 Å². The van der Waals surface area contributed by atoms with Crippen molar-refractivity contribution in [2.24, 2.45) is 11.8 Å². The van der Waals surface area contributed by atoms with Crippen molar-refractivity contribution in [1.82, 2.24) is 4.90 Å². The van der Waals surface area contributed by atoms with Crippen LogP contribution in [0.2, 0.25) is 10.0 Å². The van der Waals surface area contributed by atoms with Gasteiger partial charge in [-0.3, -0.25) is 4.79 Å². The summed E-state index contributed by atoms with van der Waals surface area (Å²) in [6.45, 7) is 6.06. The van der Waals surface area contributed by atoms with Crippen LogP contribution in [0.4, 0.5) is 5.69 Å². The molecule has 1 aromatic carbocycles. The number of benzene rings is 1. The zero-order chi connectivity index (χ0) is 14.9. The molecule has 2 rings (SSSR count). The highest BCUT2D eigenvalue weighted by molar-refractivity contribution is 6.39. The number of halogens is 2. The third-order valence-corrected chi connectivity index (χ3v) is 4.72. The Balaban J connectivity index is 2.09. The van der Waals surface area contributed by atoms with Crippen LogP contribution in [0.25, 0.3) is 0 Å². The Bertz CT molecular complexity index is 486. The first-order valence-corrected chi connectivity index (χ1v) is 7.69. The van der Waals surface area contributed by atoms with E-state index in [-0.39, 0.29) is 5.91 Å². The van der Waals surface area contributed by atoms with E-state index in [1.807, 2.05) is 4.90 Å². The Morgan fingerprint density at radius 3 is 2.20 bits per heavy atom. The number of hydrogen-bond donors (Lipinski definition) is 1. The highest BCUT2D eigenvalue weighted by Gasteiger charge is 2.25. The highest BCUT2D eigenvalue weighted by Crippen LogP contribution is 2.30. The van der Waals surface area contributed by atoms with Gasteiger partial charge < -0.3 is 10.6 Å². The van der Waals surface area contributed by atoms with Gasteiger partial charge in [0.25, 0.3) is 5.91 Å². The van der Waals surface area contributed by atoms with E-state index in [0.717, 1.165) is 25.9 Å². The van der Waals surface area contributed by atoms with Gasteiger partial charge in [0.15, 0.2) is 0 Å². The van der Waals surface area contributed by atoms with Gasteiger partial charge in [-0.05, 0) is 36.8 Å². The number of hydrogen-bond acceptors (Lipinski definition) is 2. The summed E-state index contributed by atoms with van der Waals surface area (Å²) in [5, 5.41) is 0.663. The molecular weight excluding hydrogens is 295 g/mol. The maximum Gasteiger partial charge on any atom is 0.253 e. The minimum absolute atomic E-state index is 0.0176. The van der Waals surface area contributed by atoms with E-state index in [2.05, 4.69) is 13.8 Å². The van der Waals surface area contributed by atoms with Crippen molar-refractivity contribution < 1.29 is 4.79 Å². The molecule has 0 spiro atoms. The summed E-state index contributed by atoms with van der Waals surface area (Å²) in [6, 6.07) is 3.19. The van der Waals surface area contributed by atoms with E-state index in [1.165, 1.54) is 0 Å². The van der Waals surface area contributed by atoms with E-state index >= 15 is 0 Å². The van der Waals surface area contributed by atoms with Crippen LogP contribution in [0.3, 0.4) is 0 Å². The van der Waals surface area contributed by atoms with Gasteiger partial charge in [0.1, 0.15) is 0 Å². The summed E-state index contributed by atoms with van der Waals surface area (Å²) in [7, 11) is 0. The van der Waals surface area contributed by atoms with Gasteiger partial charge in [-0.15, -0.1) is 0 Å². The second-order valence-corrected chi connectivity index (χ2v) is 6.54. The maximum absolute atomic E-state index is 12.5. The van der Waals surface area contributed by atoms with Gasteiger partial charge in [0.05, 0.1) is 15.7 Å². The topological polar surface area (TPSA) is 46.3 Å². The molecule has 1 heterocycles. The van der Waals surface area contributed by atoms with Crippen LogP contribution in [0.5, 0.6) is 0 Å². The van der Waals surface area contributed by atoms with Crippen molar-refractivity contribution in [3.63, 3.8) is 0 Å². The number of nitrogens with zero attached hydrogens (tertiary/aromatic N) is 1. The zero-order valence-corrected chi connectivity index (χ0v) is 13.3. The van der Waals surface area contributed by atoms with Gasteiger partial charge in [-0.2, -0.15) is 0 Å². The molecule has 0 bridgehead atoms. The maximum atomic E-state index is 12.5. The minimum Gasteiger partial charge on any atom is -0.396 e. The molecular formula is C15H20Cl2N2O. The molecule has 110 valence electrons. The molecule has 0 saturated carbocycles. The third kappa shape index (κ3) is 3.21. The monoisotopic (exact) mass is 314 g/mol. The molecule has 0 radical (unpaired) electrons. The molecule has 0 aliphatic carbocycles. The Kier molecular flexibility index (Phi) is 4.82. The molecule has 1 saturated heterocycles. The van der Waals surface area contributed by atoms with Gasteiger partial charge in [0, 0.05) is 18.7 Å².